The molecule has 0 aliphatic heterocycles. The van der Waals surface area contributed by atoms with Crippen LogP contribution >= 0.6 is 0 Å². The largest absolute Gasteiger partial charge is 0.326 e. The number of hydrogen-bond donors (Lipinski definition) is 1. The van der Waals surface area contributed by atoms with Crippen LogP contribution in [-0.2, 0) is 4.79 Å². The SMILES string of the molecule is Cc1cccc(NC(=O)C2CC2C)c1. The minimum atomic E-state index is 0.170. The fourth-order valence-corrected chi connectivity index (χ4v) is 1.65. The van der Waals surface area contributed by atoms with Gasteiger partial charge in [-0.1, -0.05) is 19.1 Å². The molecule has 1 aliphatic carbocycles. The van der Waals surface area contributed by atoms with Crippen LogP contribution in [-0.4, -0.2) is 5.91 Å². The van der Waals surface area contributed by atoms with Gasteiger partial charge in [0.25, 0.3) is 0 Å². The summed E-state index contributed by atoms with van der Waals surface area (Å²) in [5.41, 5.74) is 2.08. The number of amides is 1. The van der Waals surface area contributed by atoms with Crippen LogP contribution in [0.2, 0.25) is 0 Å². The molecule has 1 N–H and O–H groups in total. The lowest BCUT2D eigenvalue weighted by atomic mass is 10.2. The monoisotopic (exact) mass is 189 g/mol. The first-order valence-electron chi connectivity index (χ1n) is 5.04. The van der Waals surface area contributed by atoms with E-state index in [0.29, 0.717) is 5.92 Å². The van der Waals surface area contributed by atoms with Crippen LogP contribution in [0.25, 0.3) is 0 Å². The van der Waals surface area contributed by atoms with Gasteiger partial charge in [-0.2, -0.15) is 0 Å². The van der Waals surface area contributed by atoms with Gasteiger partial charge in [-0.3, -0.25) is 4.79 Å². The molecule has 0 radical (unpaired) electrons. The van der Waals surface area contributed by atoms with Gasteiger partial charge in [-0.25, -0.2) is 0 Å². The molecule has 2 heteroatoms. The van der Waals surface area contributed by atoms with Crippen molar-refractivity contribution in [1.29, 1.82) is 0 Å². The van der Waals surface area contributed by atoms with E-state index in [0.717, 1.165) is 12.1 Å². The third-order valence-corrected chi connectivity index (χ3v) is 2.73. The summed E-state index contributed by atoms with van der Waals surface area (Å²) < 4.78 is 0. The Kier molecular flexibility index (Phi) is 2.28. The molecule has 0 spiro atoms. The first-order chi connectivity index (χ1) is 6.66. The van der Waals surface area contributed by atoms with E-state index >= 15 is 0 Å². The van der Waals surface area contributed by atoms with Crippen LogP contribution in [0.5, 0.6) is 0 Å². The van der Waals surface area contributed by atoms with Crippen molar-refractivity contribution >= 4 is 11.6 Å². The Morgan fingerprint density at radius 2 is 2.21 bits per heavy atom. The Labute approximate surface area is 84.3 Å². The van der Waals surface area contributed by atoms with Gasteiger partial charge in [0.2, 0.25) is 5.91 Å². The van der Waals surface area contributed by atoms with E-state index in [2.05, 4.69) is 12.2 Å². The van der Waals surface area contributed by atoms with Crippen molar-refractivity contribution in [3.8, 4) is 0 Å². The number of rotatable bonds is 2. The molecule has 0 aromatic heterocycles. The predicted octanol–water partition coefficient (Wildman–Crippen LogP) is 2.59. The molecule has 1 saturated carbocycles. The lowest BCUT2D eigenvalue weighted by Crippen LogP contribution is -2.14. The van der Waals surface area contributed by atoms with Gasteiger partial charge in [0.15, 0.2) is 0 Å². The molecular formula is C12H15NO. The molecule has 1 aromatic rings. The molecule has 1 aliphatic rings. The molecule has 0 bridgehead atoms. The fraction of sp³-hybridized carbons (Fsp3) is 0.417. The highest BCUT2D eigenvalue weighted by molar-refractivity contribution is 5.94. The summed E-state index contributed by atoms with van der Waals surface area (Å²) in [5, 5.41) is 2.94. The summed E-state index contributed by atoms with van der Waals surface area (Å²) in [4.78, 5) is 11.6. The summed E-state index contributed by atoms with van der Waals surface area (Å²) >= 11 is 0. The maximum atomic E-state index is 11.6. The lowest BCUT2D eigenvalue weighted by Gasteiger charge is -2.04. The molecule has 1 amide bonds. The first-order valence-corrected chi connectivity index (χ1v) is 5.04. The average molecular weight is 189 g/mol. The zero-order valence-electron chi connectivity index (χ0n) is 8.58. The van der Waals surface area contributed by atoms with Crippen molar-refractivity contribution in [3.05, 3.63) is 29.8 Å². The zero-order valence-corrected chi connectivity index (χ0v) is 8.58. The number of carbonyl (C=O) groups is 1. The quantitative estimate of drug-likeness (QED) is 0.761. The maximum Gasteiger partial charge on any atom is 0.227 e. The number of aryl methyl sites for hydroxylation is 1. The van der Waals surface area contributed by atoms with Crippen molar-refractivity contribution in [2.75, 3.05) is 5.32 Å². The Bertz CT molecular complexity index is 359. The molecule has 1 fully saturated rings. The van der Waals surface area contributed by atoms with Crippen molar-refractivity contribution in [3.63, 3.8) is 0 Å². The van der Waals surface area contributed by atoms with Crippen LogP contribution in [0.1, 0.15) is 18.9 Å². The second-order valence-corrected chi connectivity index (χ2v) is 4.18. The fourth-order valence-electron chi connectivity index (χ4n) is 1.65. The Morgan fingerprint density at radius 3 is 2.79 bits per heavy atom. The number of anilines is 1. The van der Waals surface area contributed by atoms with Crippen molar-refractivity contribution in [2.24, 2.45) is 11.8 Å². The van der Waals surface area contributed by atoms with Crippen LogP contribution in [0.3, 0.4) is 0 Å². The summed E-state index contributed by atoms with van der Waals surface area (Å²) in [6, 6.07) is 7.90. The molecule has 2 rings (SSSR count). The van der Waals surface area contributed by atoms with Crippen LogP contribution in [0.4, 0.5) is 5.69 Å². The molecule has 14 heavy (non-hydrogen) atoms. The molecule has 0 heterocycles. The van der Waals surface area contributed by atoms with Crippen molar-refractivity contribution in [2.45, 2.75) is 20.3 Å². The van der Waals surface area contributed by atoms with Gasteiger partial charge in [-0.15, -0.1) is 0 Å². The van der Waals surface area contributed by atoms with Crippen molar-refractivity contribution in [1.82, 2.24) is 0 Å². The van der Waals surface area contributed by atoms with Gasteiger partial charge in [-0.05, 0) is 37.0 Å². The van der Waals surface area contributed by atoms with Crippen LogP contribution in [0, 0.1) is 18.8 Å². The van der Waals surface area contributed by atoms with E-state index < -0.39 is 0 Å². The third-order valence-electron chi connectivity index (χ3n) is 2.73. The topological polar surface area (TPSA) is 29.1 Å². The van der Waals surface area contributed by atoms with Crippen LogP contribution in [0.15, 0.2) is 24.3 Å². The number of carbonyl (C=O) groups excluding carboxylic acids is 1. The van der Waals surface area contributed by atoms with Gasteiger partial charge >= 0.3 is 0 Å². The zero-order chi connectivity index (χ0) is 10.1. The Hall–Kier alpha value is -1.31. The van der Waals surface area contributed by atoms with Gasteiger partial charge in [0, 0.05) is 11.6 Å². The Morgan fingerprint density at radius 1 is 1.50 bits per heavy atom. The standard InChI is InChI=1S/C12H15NO/c1-8-4-3-5-10(6-8)13-12(14)11-7-9(11)2/h3-6,9,11H,7H2,1-2H3,(H,13,14). The smallest absolute Gasteiger partial charge is 0.227 e. The minimum Gasteiger partial charge on any atom is -0.326 e. The van der Waals surface area contributed by atoms with Gasteiger partial charge in [0.1, 0.15) is 0 Å². The molecule has 74 valence electrons. The Balaban J connectivity index is 2.00. The highest BCUT2D eigenvalue weighted by atomic mass is 16.2. The highest BCUT2D eigenvalue weighted by Gasteiger charge is 2.38. The summed E-state index contributed by atoms with van der Waals surface area (Å²) in [5.74, 6) is 0.985. The second-order valence-electron chi connectivity index (χ2n) is 4.18. The van der Waals surface area contributed by atoms with Gasteiger partial charge < -0.3 is 5.32 Å². The van der Waals surface area contributed by atoms with Gasteiger partial charge in [0.05, 0.1) is 0 Å². The highest BCUT2D eigenvalue weighted by Crippen LogP contribution is 2.38. The van der Waals surface area contributed by atoms with Crippen LogP contribution < -0.4 is 5.32 Å². The molecule has 0 saturated heterocycles. The summed E-state index contributed by atoms with van der Waals surface area (Å²) in [7, 11) is 0. The molecule has 1 aromatic carbocycles. The first kappa shape index (κ1) is 9.25. The molecule has 2 atom stereocenters. The molecule has 2 unspecified atom stereocenters. The third kappa shape index (κ3) is 1.95. The number of nitrogens with one attached hydrogen (secondary N) is 1. The maximum absolute atomic E-state index is 11.6. The van der Waals surface area contributed by atoms with E-state index in [9.17, 15) is 4.79 Å². The van der Waals surface area contributed by atoms with E-state index in [4.69, 9.17) is 0 Å². The summed E-state index contributed by atoms with van der Waals surface area (Å²) in [6.07, 6.45) is 1.04. The lowest BCUT2D eigenvalue weighted by molar-refractivity contribution is -0.117. The number of benzene rings is 1. The van der Waals surface area contributed by atoms with E-state index in [1.165, 1.54) is 5.56 Å². The second kappa shape index (κ2) is 3.45. The van der Waals surface area contributed by atoms with E-state index in [1.807, 2.05) is 31.2 Å². The predicted molar refractivity (Wildman–Crippen MR) is 57.1 cm³/mol. The minimum absolute atomic E-state index is 0.170. The molecule has 2 nitrogen and oxygen atoms in total. The van der Waals surface area contributed by atoms with E-state index in [-0.39, 0.29) is 11.8 Å². The molecular weight excluding hydrogens is 174 g/mol. The summed E-state index contributed by atoms with van der Waals surface area (Å²) in [6.45, 7) is 4.13. The normalized spacial score (nSPS) is 24.4. The van der Waals surface area contributed by atoms with Crippen molar-refractivity contribution < 1.29 is 4.79 Å². The average Bonchev–Trinajstić information content (AvgIpc) is 2.82. The number of hydrogen-bond acceptors (Lipinski definition) is 1. The van der Waals surface area contributed by atoms with E-state index in [1.54, 1.807) is 0 Å².